The summed E-state index contributed by atoms with van der Waals surface area (Å²) in [5, 5.41) is 16.4. The maximum absolute atomic E-state index is 8.57. The number of nitrogens with one attached hydrogen (secondary N) is 1. The van der Waals surface area contributed by atoms with Crippen molar-refractivity contribution >= 4 is 5.70 Å². The lowest BCUT2D eigenvalue weighted by Crippen LogP contribution is -2.21. The topological polar surface area (TPSA) is 52.6 Å². The van der Waals surface area contributed by atoms with Crippen molar-refractivity contribution in [2.24, 2.45) is 0 Å². The Labute approximate surface area is 89.8 Å². The molecule has 0 atom stereocenters. The Morgan fingerprint density at radius 1 is 1.60 bits per heavy atom. The normalized spacial score (nSPS) is 9.67. The van der Waals surface area contributed by atoms with Crippen molar-refractivity contribution in [3.63, 3.8) is 0 Å². The van der Waals surface area contributed by atoms with Crippen LogP contribution in [0, 0.1) is 23.7 Å². The van der Waals surface area contributed by atoms with E-state index in [9.17, 15) is 0 Å². The van der Waals surface area contributed by atoms with E-state index in [2.05, 4.69) is 12.6 Å². The number of nitriles is 1. The summed E-state index contributed by atoms with van der Waals surface area (Å²) in [6, 6.07) is 5.92. The summed E-state index contributed by atoms with van der Waals surface area (Å²) in [6.45, 7) is 7.66. The number of hydrogen-bond donors (Lipinski definition) is 1. The van der Waals surface area contributed by atoms with Gasteiger partial charge in [0.2, 0.25) is 0 Å². The molecule has 0 amide bonds. The van der Waals surface area contributed by atoms with Crippen LogP contribution in [-0.2, 0) is 6.42 Å². The molecule has 0 aliphatic rings. The van der Waals surface area contributed by atoms with Gasteiger partial charge in [-0.2, -0.15) is 5.26 Å². The minimum Gasteiger partial charge on any atom is -0.304 e. The molecule has 0 unspecified atom stereocenters. The first-order valence-electron chi connectivity index (χ1n) is 4.86. The first kappa shape index (κ1) is 11.3. The third kappa shape index (κ3) is 2.57. The fraction of sp³-hybridized carbons (Fsp3) is 0.333. The third-order valence-corrected chi connectivity index (χ3v) is 2.16. The summed E-state index contributed by atoms with van der Waals surface area (Å²) in [6.07, 6.45) is 1.13. The highest BCUT2D eigenvalue weighted by Gasteiger charge is 2.03. The molecule has 0 saturated carbocycles. The van der Waals surface area contributed by atoms with Crippen molar-refractivity contribution in [2.45, 2.75) is 26.7 Å². The lowest BCUT2D eigenvalue weighted by atomic mass is 10.1. The van der Waals surface area contributed by atoms with Gasteiger partial charge in [0, 0.05) is 24.2 Å². The smallest absolute Gasteiger partial charge is 0.129 e. The maximum atomic E-state index is 8.57. The van der Waals surface area contributed by atoms with Gasteiger partial charge in [-0.3, -0.25) is 5.41 Å². The fourth-order valence-corrected chi connectivity index (χ4v) is 1.62. The molecule has 0 aliphatic heterocycles. The zero-order chi connectivity index (χ0) is 11.4. The summed E-state index contributed by atoms with van der Waals surface area (Å²) in [4.78, 5) is 0. The van der Waals surface area contributed by atoms with Gasteiger partial charge in [-0.25, -0.2) is 0 Å². The Balaban J connectivity index is 3.28. The minimum atomic E-state index is 0.426. The Kier molecular flexibility index (Phi) is 3.46. The van der Waals surface area contributed by atoms with Crippen molar-refractivity contribution in [3.8, 4) is 6.07 Å². The predicted octanol–water partition coefficient (Wildman–Crippen LogP) is 2.22. The minimum absolute atomic E-state index is 0.426. The molecule has 1 N–H and O–H groups in total. The van der Waals surface area contributed by atoms with Crippen LogP contribution in [0.4, 0.5) is 0 Å². The number of pyridine rings is 1. The third-order valence-electron chi connectivity index (χ3n) is 2.16. The maximum Gasteiger partial charge on any atom is 0.129 e. The lowest BCUT2D eigenvalue weighted by Gasteiger charge is -2.13. The van der Waals surface area contributed by atoms with Crippen molar-refractivity contribution in [1.29, 1.82) is 10.7 Å². The Morgan fingerprint density at radius 3 is 2.80 bits per heavy atom. The number of aromatic nitrogens is 1. The average molecular weight is 201 g/mol. The van der Waals surface area contributed by atoms with Gasteiger partial charge in [-0.15, -0.1) is 0 Å². The van der Waals surface area contributed by atoms with Gasteiger partial charge >= 0.3 is 0 Å². The predicted molar refractivity (Wildman–Crippen MR) is 60.0 cm³/mol. The quantitative estimate of drug-likeness (QED) is 0.801. The fourth-order valence-electron chi connectivity index (χ4n) is 1.62. The Morgan fingerprint density at radius 2 is 2.27 bits per heavy atom. The number of allylic oxidation sites excluding steroid dienone is 1. The van der Waals surface area contributed by atoms with Crippen molar-refractivity contribution in [2.75, 3.05) is 0 Å². The first-order valence-corrected chi connectivity index (χ1v) is 4.86. The van der Waals surface area contributed by atoms with E-state index in [-0.39, 0.29) is 0 Å². The molecule has 0 spiro atoms. The largest absolute Gasteiger partial charge is 0.304 e. The molecule has 0 saturated heterocycles. The van der Waals surface area contributed by atoms with Gasteiger partial charge in [0.05, 0.1) is 6.07 Å². The number of hydrogen-bond acceptors (Lipinski definition) is 2. The number of aryl methyl sites for hydroxylation is 2. The van der Waals surface area contributed by atoms with Crippen LogP contribution in [0.15, 0.2) is 18.7 Å². The van der Waals surface area contributed by atoms with Crippen LogP contribution in [0.5, 0.6) is 0 Å². The van der Waals surface area contributed by atoms with Crippen LogP contribution in [0.25, 0.3) is 5.70 Å². The SMILES string of the molecule is C=C(C)n1c(CCC#N)cc(C)cc1=N. The molecular weight excluding hydrogens is 186 g/mol. The second kappa shape index (κ2) is 4.61. The van der Waals surface area contributed by atoms with Gasteiger partial charge in [0.25, 0.3) is 0 Å². The van der Waals surface area contributed by atoms with E-state index in [1.54, 1.807) is 10.6 Å². The van der Waals surface area contributed by atoms with Crippen molar-refractivity contribution in [3.05, 3.63) is 35.5 Å². The molecule has 1 heterocycles. The summed E-state index contributed by atoms with van der Waals surface area (Å²) in [5.41, 5.74) is 3.27. The van der Waals surface area contributed by atoms with Crippen LogP contribution in [0.1, 0.15) is 24.6 Å². The molecule has 1 aromatic rings. The average Bonchev–Trinajstić information content (AvgIpc) is 2.12. The Bertz CT molecular complexity index is 475. The molecule has 15 heavy (non-hydrogen) atoms. The summed E-state index contributed by atoms with van der Waals surface area (Å²) >= 11 is 0. The monoisotopic (exact) mass is 201 g/mol. The van der Waals surface area contributed by atoms with E-state index in [1.807, 2.05) is 19.9 Å². The van der Waals surface area contributed by atoms with Gasteiger partial charge < -0.3 is 4.57 Å². The standard InChI is InChI=1S/C12H15N3/c1-9(2)15-11(5-4-6-13)7-10(3)8-12(15)14/h7-8,14H,1,4-5H2,2-3H3. The lowest BCUT2D eigenvalue weighted by molar-refractivity contribution is 0.823. The van der Waals surface area contributed by atoms with Crippen LogP contribution in [-0.4, -0.2) is 4.57 Å². The van der Waals surface area contributed by atoms with Crippen LogP contribution < -0.4 is 5.49 Å². The molecule has 3 heteroatoms. The van der Waals surface area contributed by atoms with Gasteiger partial charge in [-0.1, -0.05) is 6.58 Å². The van der Waals surface area contributed by atoms with Crippen LogP contribution >= 0.6 is 0 Å². The highest BCUT2D eigenvalue weighted by Crippen LogP contribution is 2.08. The summed E-state index contributed by atoms with van der Waals surface area (Å²) in [7, 11) is 0. The molecule has 3 nitrogen and oxygen atoms in total. The molecule has 1 aromatic heterocycles. The molecule has 0 radical (unpaired) electrons. The molecule has 0 aromatic carbocycles. The molecule has 78 valence electrons. The highest BCUT2D eigenvalue weighted by atomic mass is 15.0. The van der Waals surface area contributed by atoms with E-state index in [4.69, 9.17) is 10.7 Å². The number of nitrogens with zero attached hydrogens (tertiary/aromatic N) is 2. The van der Waals surface area contributed by atoms with Crippen molar-refractivity contribution in [1.82, 2.24) is 4.57 Å². The van der Waals surface area contributed by atoms with E-state index >= 15 is 0 Å². The molecule has 0 fully saturated rings. The Hall–Kier alpha value is -1.82. The first-order chi connectivity index (χ1) is 7.06. The summed E-state index contributed by atoms with van der Waals surface area (Å²) < 4.78 is 1.78. The van der Waals surface area contributed by atoms with E-state index in [0.717, 1.165) is 17.0 Å². The highest BCUT2D eigenvalue weighted by molar-refractivity contribution is 5.41. The zero-order valence-electron chi connectivity index (χ0n) is 9.17. The second-order valence-electron chi connectivity index (χ2n) is 3.64. The summed E-state index contributed by atoms with van der Waals surface area (Å²) in [5.74, 6) is 0. The second-order valence-corrected chi connectivity index (χ2v) is 3.64. The molecule has 0 aliphatic carbocycles. The van der Waals surface area contributed by atoms with E-state index in [0.29, 0.717) is 18.3 Å². The zero-order valence-corrected chi connectivity index (χ0v) is 9.17. The van der Waals surface area contributed by atoms with E-state index < -0.39 is 0 Å². The molecule has 1 rings (SSSR count). The van der Waals surface area contributed by atoms with Gasteiger partial charge in [0.1, 0.15) is 5.49 Å². The van der Waals surface area contributed by atoms with Crippen LogP contribution in [0.3, 0.4) is 0 Å². The van der Waals surface area contributed by atoms with Crippen molar-refractivity contribution < 1.29 is 0 Å². The van der Waals surface area contributed by atoms with E-state index in [1.165, 1.54) is 0 Å². The molecular formula is C12H15N3. The number of rotatable bonds is 3. The molecule has 0 bridgehead atoms. The van der Waals surface area contributed by atoms with Gasteiger partial charge in [0.15, 0.2) is 0 Å². The van der Waals surface area contributed by atoms with Crippen LogP contribution in [0.2, 0.25) is 0 Å². The van der Waals surface area contributed by atoms with Gasteiger partial charge in [-0.05, 0) is 31.5 Å².